The minimum Gasteiger partial charge on any atom is -0.265 e. The predicted molar refractivity (Wildman–Crippen MR) is 62.2 cm³/mol. The van der Waals surface area contributed by atoms with Crippen molar-refractivity contribution in [1.29, 1.82) is 0 Å². The van der Waals surface area contributed by atoms with E-state index in [1.807, 2.05) is 46.0 Å². The summed E-state index contributed by atoms with van der Waals surface area (Å²) in [5, 5.41) is 8.57. The Balaban J connectivity index is 2.10. The van der Waals surface area contributed by atoms with Crippen molar-refractivity contribution in [2.75, 3.05) is 0 Å². The van der Waals surface area contributed by atoms with Crippen LogP contribution in [0.5, 0.6) is 0 Å². The van der Waals surface area contributed by atoms with Crippen molar-refractivity contribution >= 4 is 0 Å². The van der Waals surface area contributed by atoms with Crippen LogP contribution < -0.4 is 0 Å². The molecule has 3 heterocycles. The summed E-state index contributed by atoms with van der Waals surface area (Å²) in [5.74, 6) is 0. The third-order valence-electron chi connectivity index (χ3n) is 2.56. The van der Waals surface area contributed by atoms with Crippen LogP contribution in [0.25, 0.3) is 0 Å². The van der Waals surface area contributed by atoms with Gasteiger partial charge in [-0.15, -0.1) is 0 Å². The summed E-state index contributed by atoms with van der Waals surface area (Å²) in [7, 11) is 0. The standard InChI is InChI=1S/C12H11N5/c1-5-14-16(9-1)12(17-10-2-6-15-17)11-3-7-13-8-4-11/h1-10,12H. The van der Waals surface area contributed by atoms with Crippen LogP contribution in [0, 0.1) is 0 Å². The fraction of sp³-hybridized carbons (Fsp3) is 0.0833. The Bertz CT molecular complexity index is 522. The van der Waals surface area contributed by atoms with Gasteiger partial charge in [0.2, 0.25) is 0 Å². The van der Waals surface area contributed by atoms with Crippen LogP contribution >= 0.6 is 0 Å². The summed E-state index contributed by atoms with van der Waals surface area (Å²) in [6.45, 7) is 0. The van der Waals surface area contributed by atoms with Crippen LogP contribution in [0.4, 0.5) is 0 Å². The van der Waals surface area contributed by atoms with Gasteiger partial charge in [-0.2, -0.15) is 10.2 Å². The van der Waals surface area contributed by atoms with Crippen molar-refractivity contribution in [3.8, 4) is 0 Å². The molecular formula is C12H11N5. The lowest BCUT2D eigenvalue weighted by Gasteiger charge is -2.18. The van der Waals surface area contributed by atoms with Crippen LogP contribution in [0.1, 0.15) is 11.7 Å². The molecule has 3 aromatic heterocycles. The number of aromatic nitrogens is 5. The summed E-state index contributed by atoms with van der Waals surface area (Å²) < 4.78 is 3.73. The second kappa shape index (κ2) is 4.21. The zero-order valence-corrected chi connectivity index (χ0v) is 9.09. The number of hydrogen-bond donors (Lipinski definition) is 0. The second-order valence-electron chi connectivity index (χ2n) is 3.63. The average molecular weight is 225 g/mol. The van der Waals surface area contributed by atoms with E-state index in [2.05, 4.69) is 15.2 Å². The summed E-state index contributed by atoms with van der Waals surface area (Å²) in [6, 6.07) is 7.73. The van der Waals surface area contributed by atoms with Crippen molar-refractivity contribution < 1.29 is 0 Å². The molecule has 0 aliphatic rings. The molecule has 0 N–H and O–H groups in total. The van der Waals surface area contributed by atoms with Crippen LogP contribution in [0.3, 0.4) is 0 Å². The van der Waals surface area contributed by atoms with Crippen LogP contribution in [-0.2, 0) is 0 Å². The smallest absolute Gasteiger partial charge is 0.168 e. The molecule has 5 nitrogen and oxygen atoms in total. The first kappa shape index (κ1) is 9.77. The van der Waals surface area contributed by atoms with E-state index in [1.165, 1.54) is 0 Å². The van der Waals surface area contributed by atoms with Gasteiger partial charge in [0.25, 0.3) is 0 Å². The Hall–Kier alpha value is -2.43. The number of hydrogen-bond acceptors (Lipinski definition) is 3. The maximum atomic E-state index is 4.28. The van der Waals surface area contributed by atoms with Crippen molar-refractivity contribution in [2.45, 2.75) is 6.17 Å². The summed E-state index contributed by atoms with van der Waals surface area (Å²) in [5.41, 5.74) is 1.09. The van der Waals surface area contributed by atoms with Gasteiger partial charge >= 0.3 is 0 Å². The van der Waals surface area contributed by atoms with E-state index in [9.17, 15) is 0 Å². The Morgan fingerprint density at radius 2 is 1.41 bits per heavy atom. The average Bonchev–Trinajstić information content (AvgIpc) is 3.04. The minimum atomic E-state index is -0.0667. The fourth-order valence-corrected chi connectivity index (χ4v) is 1.81. The first-order valence-electron chi connectivity index (χ1n) is 5.33. The molecule has 0 saturated heterocycles. The molecule has 0 amide bonds. The predicted octanol–water partition coefficient (Wildman–Crippen LogP) is 1.57. The SMILES string of the molecule is c1cnn(C(c2ccncc2)n2cccn2)c1. The molecule has 0 unspecified atom stereocenters. The molecule has 0 bridgehead atoms. The molecule has 0 saturated carbocycles. The summed E-state index contributed by atoms with van der Waals surface area (Å²) >= 11 is 0. The zero-order chi connectivity index (χ0) is 11.5. The van der Waals surface area contributed by atoms with E-state index >= 15 is 0 Å². The largest absolute Gasteiger partial charge is 0.265 e. The van der Waals surface area contributed by atoms with Crippen LogP contribution in [-0.4, -0.2) is 24.5 Å². The highest BCUT2D eigenvalue weighted by Crippen LogP contribution is 2.17. The molecule has 0 radical (unpaired) electrons. The van der Waals surface area contributed by atoms with E-state index in [-0.39, 0.29) is 6.17 Å². The highest BCUT2D eigenvalue weighted by molar-refractivity contribution is 5.16. The van der Waals surface area contributed by atoms with Gasteiger partial charge in [0.1, 0.15) is 0 Å². The fourth-order valence-electron chi connectivity index (χ4n) is 1.81. The van der Waals surface area contributed by atoms with Gasteiger partial charge < -0.3 is 0 Å². The normalized spacial score (nSPS) is 10.9. The lowest BCUT2D eigenvalue weighted by Crippen LogP contribution is -2.20. The van der Waals surface area contributed by atoms with Crippen LogP contribution in [0.2, 0.25) is 0 Å². The molecule has 0 spiro atoms. The van der Waals surface area contributed by atoms with Gasteiger partial charge in [-0.05, 0) is 24.3 Å². The zero-order valence-electron chi connectivity index (χ0n) is 9.09. The van der Waals surface area contributed by atoms with Crippen molar-refractivity contribution in [1.82, 2.24) is 24.5 Å². The van der Waals surface area contributed by atoms with E-state index < -0.39 is 0 Å². The lowest BCUT2D eigenvalue weighted by atomic mass is 10.2. The minimum absolute atomic E-state index is 0.0667. The third kappa shape index (κ3) is 1.82. The molecule has 3 rings (SSSR count). The highest BCUT2D eigenvalue weighted by atomic mass is 15.4. The molecule has 0 aliphatic heterocycles. The van der Waals surface area contributed by atoms with E-state index in [0.717, 1.165) is 5.56 Å². The first-order valence-corrected chi connectivity index (χ1v) is 5.33. The molecule has 0 fully saturated rings. The molecule has 3 aromatic rings. The number of pyridine rings is 1. The molecule has 17 heavy (non-hydrogen) atoms. The second-order valence-corrected chi connectivity index (χ2v) is 3.63. The topological polar surface area (TPSA) is 48.5 Å². The molecule has 0 atom stereocenters. The van der Waals surface area contributed by atoms with Crippen molar-refractivity contribution in [2.24, 2.45) is 0 Å². The Labute approximate surface area is 98.3 Å². The Morgan fingerprint density at radius 1 is 0.824 bits per heavy atom. The van der Waals surface area contributed by atoms with Crippen molar-refractivity contribution in [3.63, 3.8) is 0 Å². The van der Waals surface area contributed by atoms with Gasteiger partial charge in [0.15, 0.2) is 6.17 Å². The van der Waals surface area contributed by atoms with Gasteiger partial charge in [-0.3, -0.25) is 4.98 Å². The quantitative estimate of drug-likeness (QED) is 0.679. The van der Waals surface area contributed by atoms with Crippen molar-refractivity contribution in [3.05, 3.63) is 67.0 Å². The van der Waals surface area contributed by atoms with E-state index in [0.29, 0.717) is 0 Å². The number of nitrogens with zero attached hydrogens (tertiary/aromatic N) is 5. The van der Waals surface area contributed by atoms with Crippen LogP contribution in [0.15, 0.2) is 61.4 Å². The van der Waals surface area contributed by atoms with Gasteiger partial charge in [0.05, 0.1) is 0 Å². The highest BCUT2D eigenvalue weighted by Gasteiger charge is 2.15. The molecule has 5 heteroatoms. The van der Waals surface area contributed by atoms with E-state index in [4.69, 9.17) is 0 Å². The van der Waals surface area contributed by atoms with Gasteiger partial charge in [0, 0.05) is 42.7 Å². The lowest BCUT2D eigenvalue weighted by molar-refractivity contribution is 0.418. The Kier molecular flexibility index (Phi) is 2.42. The van der Waals surface area contributed by atoms with Gasteiger partial charge in [-0.1, -0.05) is 0 Å². The van der Waals surface area contributed by atoms with E-state index in [1.54, 1.807) is 24.8 Å². The monoisotopic (exact) mass is 225 g/mol. The maximum Gasteiger partial charge on any atom is 0.168 e. The molecule has 84 valence electrons. The Morgan fingerprint density at radius 3 is 1.88 bits per heavy atom. The molecular weight excluding hydrogens is 214 g/mol. The summed E-state index contributed by atoms with van der Waals surface area (Å²) in [6.07, 6.45) is 10.8. The molecule has 0 aliphatic carbocycles. The van der Waals surface area contributed by atoms with Gasteiger partial charge in [-0.25, -0.2) is 9.36 Å². The first-order chi connectivity index (χ1) is 8.45. The third-order valence-corrected chi connectivity index (χ3v) is 2.56. The summed E-state index contributed by atoms with van der Waals surface area (Å²) in [4.78, 5) is 4.03. The number of rotatable bonds is 3. The maximum absolute atomic E-state index is 4.28. The molecule has 0 aromatic carbocycles.